The van der Waals surface area contributed by atoms with Crippen LogP contribution in [0.15, 0.2) is 42.9 Å². The van der Waals surface area contributed by atoms with Crippen molar-refractivity contribution < 1.29 is 27.4 Å². The third kappa shape index (κ3) is 5.44. The van der Waals surface area contributed by atoms with Gasteiger partial charge in [0.2, 0.25) is 11.8 Å². The second-order valence-electron chi connectivity index (χ2n) is 11.5. The lowest BCUT2D eigenvalue weighted by atomic mass is 9.68. The van der Waals surface area contributed by atoms with E-state index in [1.807, 2.05) is 43.0 Å². The molecule has 6 rings (SSSR count). The van der Waals surface area contributed by atoms with Crippen LogP contribution >= 0.6 is 0 Å². The molecule has 1 amide bonds. The van der Waals surface area contributed by atoms with Gasteiger partial charge in [0.15, 0.2) is 5.75 Å². The number of hydrogen-bond donors (Lipinski definition) is 1. The number of amides is 1. The molecule has 3 aromatic heterocycles. The molecule has 0 bridgehead atoms. The zero-order valence-electron chi connectivity index (χ0n) is 25.0. The number of carbonyl (C=O) groups excluding carboxylic acids is 1. The number of halogens is 3. The Morgan fingerprint density at radius 3 is 2.64 bits per heavy atom. The predicted molar refractivity (Wildman–Crippen MR) is 159 cm³/mol. The van der Waals surface area contributed by atoms with Gasteiger partial charge in [0.25, 0.3) is 0 Å². The van der Waals surface area contributed by atoms with E-state index in [1.165, 1.54) is 6.20 Å². The molecule has 0 aromatic carbocycles. The monoisotopic (exact) mass is 610 g/mol. The first-order valence-corrected chi connectivity index (χ1v) is 15.3. The minimum atomic E-state index is -4.62. The van der Waals surface area contributed by atoms with Crippen LogP contribution in [0.3, 0.4) is 0 Å². The van der Waals surface area contributed by atoms with Crippen molar-refractivity contribution in [1.29, 1.82) is 0 Å². The number of aromatic nitrogens is 3. The smallest absolute Gasteiger partial charge is 0.422 e. The number of fused-ring (bicyclic) bond motifs is 2. The first-order valence-electron chi connectivity index (χ1n) is 15.3. The van der Waals surface area contributed by atoms with E-state index in [2.05, 4.69) is 15.3 Å². The molecule has 2 fully saturated rings. The van der Waals surface area contributed by atoms with Gasteiger partial charge in [-0.05, 0) is 62.9 Å². The van der Waals surface area contributed by atoms with Crippen LogP contribution in [0.1, 0.15) is 56.4 Å². The zero-order valence-corrected chi connectivity index (χ0v) is 25.0. The summed E-state index contributed by atoms with van der Waals surface area (Å²) in [4.78, 5) is 31.6. The van der Waals surface area contributed by atoms with E-state index < -0.39 is 17.2 Å². The van der Waals surface area contributed by atoms with Crippen molar-refractivity contribution in [3.05, 3.63) is 59.7 Å². The molecule has 2 saturated heterocycles. The van der Waals surface area contributed by atoms with E-state index in [1.54, 1.807) is 11.1 Å². The molecule has 1 spiro atoms. The molecule has 12 heteroatoms. The van der Waals surface area contributed by atoms with Gasteiger partial charge in [-0.3, -0.25) is 14.8 Å². The van der Waals surface area contributed by atoms with Crippen molar-refractivity contribution in [3.63, 3.8) is 0 Å². The lowest BCUT2D eigenvalue weighted by Gasteiger charge is -2.49. The molecule has 3 aliphatic heterocycles. The molecule has 44 heavy (non-hydrogen) atoms. The number of nitrogens with one attached hydrogen (secondary N) is 1. The Bertz CT molecular complexity index is 1500. The number of hydrogen-bond acceptors (Lipinski definition) is 8. The first kappa shape index (κ1) is 30.1. The Labute approximate surface area is 254 Å². The molecule has 0 aliphatic carbocycles. The van der Waals surface area contributed by atoms with Crippen LogP contribution in [-0.4, -0.2) is 71.2 Å². The van der Waals surface area contributed by atoms with Crippen molar-refractivity contribution in [3.8, 4) is 22.9 Å². The fourth-order valence-corrected chi connectivity index (χ4v) is 6.76. The van der Waals surface area contributed by atoms with Crippen LogP contribution in [0.5, 0.6) is 11.6 Å². The van der Waals surface area contributed by atoms with Gasteiger partial charge in [0, 0.05) is 31.9 Å². The number of ether oxygens (including phenoxy) is 2. The van der Waals surface area contributed by atoms with Gasteiger partial charge in [0.05, 0.1) is 60.2 Å². The topological polar surface area (TPSA) is 92.7 Å². The highest BCUT2D eigenvalue weighted by Gasteiger charge is 2.52. The minimum absolute atomic E-state index is 0.0187. The maximum Gasteiger partial charge on any atom is 0.422 e. The van der Waals surface area contributed by atoms with E-state index in [0.717, 1.165) is 36.0 Å². The number of alkyl halides is 3. The average molecular weight is 611 g/mol. The fraction of sp³-hybridized carbons (Fsp3) is 0.500. The number of carbonyl (C=O) groups is 1. The quantitative estimate of drug-likeness (QED) is 0.382. The van der Waals surface area contributed by atoms with Crippen molar-refractivity contribution in [2.45, 2.75) is 63.7 Å². The van der Waals surface area contributed by atoms with Crippen LogP contribution in [0.2, 0.25) is 0 Å². The molecule has 3 aromatic rings. The summed E-state index contributed by atoms with van der Waals surface area (Å²) in [6, 6.07) is 7.65. The van der Waals surface area contributed by atoms with Gasteiger partial charge in [-0.25, -0.2) is 4.98 Å². The Morgan fingerprint density at radius 1 is 1.11 bits per heavy atom. The lowest BCUT2D eigenvalue weighted by molar-refractivity contribution is -0.143. The maximum absolute atomic E-state index is 14.4. The molecular weight excluding hydrogens is 573 g/mol. The van der Waals surface area contributed by atoms with Crippen LogP contribution in [0.25, 0.3) is 11.3 Å². The van der Waals surface area contributed by atoms with Crippen molar-refractivity contribution in [2.24, 2.45) is 0 Å². The van der Waals surface area contributed by atoms with Gasteiger partial charge in [-0.1, -0.05) is 13.0 Å². The summed E-state index contributed by atoms with van der Waals surface area (Å²) in [6.45, 7) is 6.77. The highest BCUT2D eigenvalue weighted by Crippen LogP contribution is 2.47. The molecule has 6 heterocycles. The molecular formula is C32H37F3N6O3. The highest BCUT2D eigenvalue weighted by molar-refractivity contribution is 5.91. The molecule has 1 N–H and O–H groups in total. The second-order valence-corrected chi connectivity index (χ2v) is 11.5. The van der Waals surface area contributed by atoms with E-state index in [9.17, 15) is 18.0 Å². The Balaban J connectivity index is 1.36. The minimum Gasteiger partial charge on any atom is -0.491 e. The van der Waals surface area contributed by atoms with Gasteiger partial charge < -0.3 is 24.6 Å². The number of pyridine rings is 3. The SMILES string of the molecule is CCCOc1cncc(N2CCC3(CC2)C(=O)N(C2CCNC2)Cc2nc(-c4cccnc4OCC)ccc23)c1C(F)(F)F. The van der Waals surface area contributed by atoms with Crippen LogP contribution in [0.4, 0.5) is 18.9 Å². The third-order valence-electron chi connectivity index (χ3n) is 8.88. The maximum atomic E-state index is 14.4. The molecule has 234 valence electrons. The molecule has 0 saturated carbocycles. The first-order chi connectivity index (χ1) is 21.3. The van der Waals surface area contributed by atoms with Crippen molar-refractivity contribution >= 4 is 11.6 Å². The molecule has 9 nitrogen and oxygen atoms in total. The Morgan fingerprint density at radius 2 is 1.93 bits per heavy atom. The van der Waals surface area contributed by atoms with E-state index >= 15 is 0 Å². The molecule has 3 aliphatic rings. The average Bonchev–Trinajstić information content (AvgIpc) is 3.57. The summed E-state index contributed by atoms with van der Waals surface area (Å²) < 4.78 is 54.3. The summed E-state index contributed by atoms with van der Waals surface area (Å²) in [5, 5.41) is 3.36. The summed E-state index contributed by atoms with van der Waals surface area (Å²) in [7, 11) is 0. The summed E-state index contributed by atoms with van der Waals surface area (Å²) >= 11 is 0. The number of rotatable bonds is 8. The Hall–Kier alpha value is -3.93. The number of nitrogens with zero attached hydrogens (tertiary/aromatic N) is 5. The van der Waals surface area contributed by atoms with Crippen LogP contribution in [-0.2, 0) is 22.9 Å². The normalized spacial score (nSPS) is 19.8. The standard InChI is InChI=1S/C32H37F3N6O3/c1-3-16-44-27-19-37-18-26(28(27)32(33,34)35)40-14-10-31(11-15-40)23-7-8-24(22-6-5-12-38-29(22)43-4-2)39-25(23)20-41(30(31)42)21-9-13-36-17-21/h5-8,12,18-19,21,36H,3-4,9-11,13-17,20H2,1-2H3. The number of piperidine rings is 1. The van der Waals surface area contributed by atoms with Crippen molar-refractivity contribution in [1.82, 2.24) is 25.2 Å². The molecule has 0 radical (unpaired) electrons. The zero-order chi connectivity index (χ0) is 30.9. The highest BCUT2D eigenvalue weighted by atomic mass is 19.4. The fourth-order valence-electron chi connectivity index (χ4n) is 6.76. The second kappa shape index (κ2) is 12.2. The van der Waals surface area contributed by atoms with E-state index in [0.29, 0.717) is 50.5 Å². The Kier molecular flexibility index (Phi) is 8.36. The van der Waals surface area contributed by atoms with Crippen LogP contribution in [0, 0.1) is 0 Å². The van der Waals surface area contributed by atoms with E-state index in [-0.39, 0.29) is 43.1 Å². The molecule has 1 atom stereocenters. The van der Waals surface area contributed by atoms with Gasteiger partial charge in [0.1, 0.15) is 5.56 Å². The lowest BCUT2D eigenvalue weighted by Crippen LogP contribution is -2.58. The third-order valence-corrected chi connectivity index (χ3v) is 8.88. The van der Waals surface area contributed by atoms with Gasteiger partial charge in [-0.2, -0.15) is 13.2 Å². The molecule has 1 unspecified atom stereocenters. The van der Waals surface area contributed by atoms with Crippen molar-refractivity contribution in [2.75, 3.05) is 44.3 Å². The van der Waals surface area contributed by atoms with Crippen LogP contribution < -0.4 is 19.7 Å². The van der Waals surface area contributed by atoms with Gasteiger partial charge in [-0.15, -0.1) is 0 Å². The number of anilines is 1. The predicted octanol–water partition coefficient (Wildman–Crippen LogP) is 4.99. The summed E-state index contributed by atoms with van der Waals surface area (Å²) in [5.41, 5.74) is 1.40. The summed E-state index contributed by atoms with van der Waals surface area (Å²) in [5.74, 6) is 0.251. The summed E-state index contributed by atoms with van der Waals surface area (Å²) in [6.07, 6.45) is 1.55. The van der Waals surface area contributed by atoms with E-state index in [4.69, 9.17) is 14.5 Å². The largest absolute Gasteiger partial charge is 0.491 e. The van der Waals surface area contributed by atoms with Gasteiger partial charge >= 0.3 is 6.18 Å².